The number of nitrogens with zero attached hydrogens (tertiary/aromatic N) is 3. The largest absolute Gasteiger partial charge is 0.342 e. The predicted octanol–water partition coefficient (Wildman–Crippen LogP) is 3.61. The van der Waals surface area contributed by atoms with Crippen LogP contribution in [0.4, 0.5) is 11.4 Å². The molecular formula is C25H30N4O4S. The molecule has 2 amide bonds. The molecule has 1 aliphatic heterocycles. The number of carbonyl (C=O) groups excluding carboxylic acids is 2. The van der Waals surface area contributed by atoms with E-state index in [2.05, 4.69) is 4.72 Å². The Balaban J connectivity index is 1.55. The topological polar surface area (TPSA) is 91.7 Å². The highest BCUT2D eigenvalue weighted by Gasteiger charge is 2.30. The molecule has 0 spiro atoms. The second-order valence-corrected chi connectivity index (χ2v) is 10.3. The summed E-state index contributed by atoms with van der Waals surface area (Å²) >= 11 is 0. The van der Waals surface area contributed by atoms with Gasteiger partial charge in [-0.2, -0.15) is 0 Å². The number of carbonyl (C=O) groups is 2. The van der Waals surface area contributed by atoms with Gasteiger partial charge in [0.05, 0.1) is 4.90 Å². The first-order chi connectivity index (χ1) is 16.1. The van der Waals surface area contributed by atoms with Gasteiger partial charge in [-0.1, -0.05) is 0 Å². The second kappa shape index (κ2) is 9.13. The SMILES string of the molecule is CCN(CC)C(=O)Cn1ccc2cc(NS(=O)(=O)c3ccc4c(c3)CC(C)N4C(C)=O)ccc21. The van der Waals surface area contributed by atoms with Crippen LogP contribution < -0.4 is 9.62 Å². The Morgan fingerprint density at radius 2 is 1.82 bits per heavy atom. The minimum absolute atomic E-state index is 0.00142. The van der Waals surface area contributed by atoms with E-state index in [0.29, 0.717) is 25.2 Å². The maximum atomic E-state index is 13.1. The summed E-state index contributed by atoms with van der Waals surface area (Å²) in [4.78, 5) is 28.1. The maximum absolute atomic E-state index is 13.1. The molecular weight excluding hydrogens is 452 g/mol. The van der Waals surface area contributed by atoms with Gasteiger partial charge < -0.3 is 14.4 Å². The molecule has 8 nitrogen and oxygen atoms in total. The molecule has 4 rings (SSSR count). The third-order valence-electron chi connectivity index (χ3n) is 6.36. The molecule has 0 fully saturated rings. The molecule has 1 unspecified atom stereocenters. The third kappa shape index (κ3) is 4.40. The quantitative estimate of drug-likeness (QED) is 0.557. The van der Waals surface area contributed by atoms with Crippen LogP contribution >= 0.6 is 0 Å². The van der Waals surface area contributed by atoms with Crippen LogP contribution in [-0.4, -0.2) is 48.8 Å². The Morgan fingerprint density at radius 3 is 2.50 bits per heavy atom. The van der Waals surface area contributed by atoms with Gasteiger partial charge in [0.1, 0.15) is 6.54 Å². The zero-order valence-corrected chi connectivity index (χ0v) is 20.7. The number of benzene rings is 2. The standard InChI is InChI=1S/C25H30N4O4S/c1-5-27(6-2)25(31)16-28-12-11-19-14-21(7-9-23(19)28)26-34(32,33)22-8-10-24-20(15-22)13-17(3)29(24)18(4)30/h7-12,14-15,17,26H,5-6,13,16H2,1-4H3. The van der Waals surface area contributed by atoms with E-state index in [9.17, 15) is 18.0 Å². The fourth-order valence-corrected chi connectivity index (χ4v) is 5.79. The lowest BCUT2D eigenvalue weighted by molar-refractivity contribution is -0.131. The zero-order chi connectivity index (χ0) is 24.6. The first-order valence-electron chi connectivity index (χ1n) is 11.5. The molecule has 1 aliphatic rings. The van der Waals surface area contributed by atoms with Crippen molar-refractivity contribution in [3.05, 3.63) is 54.2 Å². The number of amides is 2. The molecule has 2 heterocycles. The summed E-state index contributed by atoms with van der Waals surface area (Å²) in [6, 6.07) is 12.0. The Bertz CT molecular complexity index is 1360. The van der Waals surface area contributed by atoms with Gasteiger partial charge >= 0.3 is 0 Å². The lowest BCUT2D eigenvalue weighted by Gasteiger charge is -2.20. The molecule has 1 atom stereocenters. The van der Waals surface area contributed by atoms with Crippen molar-refractivity contribution in [2.75, 3.05) is 22.7 Å². The Labute approximate surface area is 200 Å². The van der Waals surface area contributed by atoms with Crippen molar-refractivity contribution < 1.29 is 18.0 Å². The summed E-state index contributed by atoms with van der Waals surface area (Å²) in [5.74, 6) is -0.0134. The Kier molecular flexibility index (Phi) is 6.40. The maximum Gasteiger partial charge on any atom is 0.261 e. The first kappa shape index (κ1) is 23.8. The van der Waals surface area contributed by atoms with Crippen molar-refractivity contribution in [3.8, 4) is 0 Å². The van der Waals surface area contributed by atoms with Crippen LogP contribution in [0.2, 0.25) is 0 Å². The van der Waals surface area contributed by atoms with Crippen molar-refractivity contribution in [1.82, 2.24) is 9.47 Å². The number of hydrogen-bond acceptors (Lipinski definition) is 4. The number of fused-ring (bicyclic) bond motifs is 2. The molecule has 1 aromatic heterocycles. The van der Waals surface area contributed by atoms with Crippen molar-refractivity contribution in [2.24, 2.45) is 0 Å². The summed E-state index contributed by atoms with van der Waals surface area (Å²) in [6.45, 7) is 8.93. The summed E-state index contributed by atoms with van der Waals surface area (Å²) in [5, 5.41) is 0.840. The molecule has 0 saturated carbocycles. The van der Waals surface area contributed by atoms with Gasteiger partial charge in [-0.3, -0.25) is 14.3 Å². The van der Waals surface area contributed by atoms with Crippen LogP contribution in [-0.2, 0) is 32.6 Å². The molecule has 34 heavy (non-hydrogen) atoms. The Morgan fingerprint density at radius 1 is 1.09 bits per heavy atom. The first-order valence-corrected chi connectivity index (χ1v) is 12.9. The third-order valence-corrected chi connectivity index (χ3v) is 7.74. The molecule has 0 bridgehead atoms. The second-order valence-electron chi connectivity index (χ2n) is 8.62. The van der Waals surface area contributed by atoms with Gasteiger partial charge in [-0.05, 0) is 75.2 Å². The zero-order valence-electron chi connectivity index (χ0n) is 19.9. The predicted molar refractivity (Wildman–Crippen MR) is 133 cm³/mol. The number of aromatic nitrogens is 1. The van der Waals surface area contributed by atoms with Gasteiger partial charge in [-0.25, -0.2) is 8.42 Å². The highest BCUT2D eigenvalue weighted by Crippen LogP contribution is 2.34. The van der Waals surface area contributed by atoms with Gasteiger partial charge in [0.2, 0.25) is 11.8 Å². The van der Waals surface area contributed by atoms with E-state index in [1.165, 1.54) is 13.0 Å². The van der Waals surface area contributed by atoms with Crippen LogP contribution in [0.5, 0.6) is 0 Å². The summed E-state index contributed by atoms with van der Waals surface area (Å²) in [6.07, 6.45) is 2.46. The molecule has 0 aliphatic carbocycles. The van der Waals surface area contributed by atoms with Crippen molar-refractivity contribution in [3.63, 3.8) is 0 Å². The molecule has 9 heteroatoms. The normalized spacial score (nSPS) is 15.4. The minimum Gasteiger partial charge on any atom is -0.342 e. The highest BCUT2D eigenvalue weighted by molar-refractivity contribution is 7.92. The summed E-state index contributed by atoms with van der Waals surface area (Å²) in [5.41, 5.74) is 2.91. The number of anilines is 2. The Hall–Kier alpha value is -3.33. The van der Waals surface area contributed by atoms with Crippen molar-refractivity contribution in [2.45, 2.75) is 51.6 Å². The fraction of sp³-hybridized carbons (Fsp3) is 0.360. The lowest BCUT2D eigenvalue weighted by atomic mass is 10.1. The van der Waals surface area contributed by atoms with Gasteiger partial charge in [0.15, 0.2) is 0 Å². The smallest absolute Gasteiger partial charge is 0.261 e. The molecule has 3 aromatic rings. The van der Waals surface area contributed by atoms with Crippen LogP contribution in [0.1, 0.15) is 33.3 Å². The van der Waals surface area contributed by atoms with Crippen molar-refractivity contribution >= 4 is 44.1 Å². The van der Waals surface area contributed by atoms with Crippen LogP contribution in [0.3, 0.4) is 0 Å². The molecule has 180 valence electrons. The number of likely N-dealkylation sites (N-methyl/N-ethyl adjacent to an activating group) is 1. The van der Waals surface area contributed by atoms with E-state index in [1.54, 1.807) is 34.1 Å². The van der Waals surface area contributed by atoms with Gasteiger partial charge in [-0.15, -0.1) is 0 Å². The summed E-state index contributed by atoms with van der Waals surface area (Å²) in [7, 11) is -3.81. The van der Waals surface area contributed by atoms with Gasteiger partial charge in [0, 0.05) is 54.5 Å². The lowest BCUT2D eigenvalue weighted by Crippen LogP contribution is -2.33. The summed E-state index contributed by atoms with van der Waals surface area (Å²) < 4.78 is 30.7. The number of sulfonamides is 1. The van der Waals surface area contributed by atoms with Crippen LogP contribution in [0.25, 0.3) is 10.9 Å². The van der Waals surface area contributed by atoms with Gasteiger partial charge in [0.25, 0.3) is 10.0 Å². The van der Waals surface area contributed by atoms with Crippen molar-refractivity contribution in [1.29, 1.82) is 0 Å². The number of nitrogens with one attached hydrogen (secondary N) is 1. The average molecular weight is 483 g/mol. The fourth-order valence-electron chi connectivity index (χ4n) is 4.69. The van der Waals surface area contributed by atoms with E-state index in [4.69, 9.17) is 0 Å². The average Bonchev–Trinajstić information content (AvgIpc) is 3.33. The van der Waals surface area contributed by atoms with E-state index in [0.717, 1.165) is 22.2 Å². The molecule has 0 saturated heterocycles. The molecule has 1 N–H and O–H groups in total. The minimum atomic E-state index is -3.81. The van der Waals surface area contributed by atoms with E-state index < -0.39 is 10.0 Å². The van der Waals surface area contributed by atoms with E-state index in [1.807, 2.05) is 43.7 Å². The van der Waals surface area contributed by atoms with Crippen LogP contribution in [0, 0.1) is 0 Å². The highest BCUT2D eigenvalue weighted by atomic mass is 32.2. The van der Waals surface area contributed by atoms with Crippen LogP contribution in [0.15, 0.2) is 53.6 Å². The van der Waals surface area contributed by atoms with E-state index >= 15 is 0 Å². The molecule has 2 aromatic carbocycles. The van der Waals surface area contributed by atoms with E-state index in [-0.39, 0.29) is 29.3 Å². The monoisotopic (exact) mass is 482 g/mol. The number of rotatable bonds is 7. The number of hydrogen-bond donors (Lipinski definition) is 1. The molecule has 0 radical (unpaired) electrons.